The van der Waals surface area contributed by atoms with Crippen molar-refractivity contribution >= 4 is 17.5 Å². The van der Waals surface area contributed by atoms with Crippen LogP contribution in [0.2, 0.25) is 0 Å². The van der Waals surface area contributed by atoms with Gasteiger partial charge in [0.15, 0.2) is 0 Å². The molecule has 0 aromatic carbocycles. The van der Waals surface area contributed by atoms with Gasteiger partial charge in [0, 0.05) is 25.0 Å². The molecule has 1 aromatic rings. The minimum absolute atomic E-state index is 0.0312. The number of carbonyl (C=O) groups is 2. The fourth-order valence-electron chi connectivity index (χ4n) is 1.44. The molecule has 1 aromatic heterocycles. The lowest BCUT2D eigenvalue weighted by molar-refractivity contribution is -0.139. The Labute approximate surface area is 99.6 Å². The van der Waals surface area contributed by atoms with Gasteiger partial charge >= 0.3 is 11.9 Å². The molecule has 0 amide bonds. The normalized spacial score (nSPS) is 11.1. The average molecular weight is 237 g/mol. The third-order valence-electron chi connectivity index (χ3n) is 2.33. The van der Waals surface area contributed by atoms with Crippen LogP contribution >= 0.6 is 0 Å². The van der Waals surface area contributed by atoms with E-state index in [2.05, 4.69) is 9.47 Å². The number of aromatic nitrogens is 1. The van der Waals surface area contributed by atoms with E-state index in [0.717, 1.165) is 5.69 Å². The highest BCUT2D eigenvalue weighted by atomic mass is 16.5. The zero-order valence-corrected chi connectivity index (χ0v) is 10.1. The Morgan fingerprint density at radius 2 is 2.06 bits per heavy atom. The first-order valence-corrected chi connectivity index (χ1v) is 5.05. The van der Waals surface area contributed by atoms with Crippen molar-refractivity contribution < 1.29 is 19.1 Å². The van der Waals surface area contributed by atoms with E-state index < -0.39 is 11.9 Å². The van der Waals surface area contributed by atoms with Crippen LogP contribution in [0.4, 0.5) is 0 Å². The van der Waals surface area contributed by atoms with Crippen molar-refractivity contribution in [3.8, 4) is 0 Å². The van der Waals surface area contributed by atoms with Crippen molar-refractivity contribution in [1.29, 1.82) is 0 Å². The maximum atomic E-state index is 11.3. The Kier molecular flexibility index (Phi) is 4.51. The summed E-state index contributed by atoms with van der Waals surface area (Å²) < 4.78 is 11.0. The Bertz CT molecular complexity index is 445. The van der Waals surface area contributed by atoms with Gasteiger partial charge in [0.1, 0.15) is 0 Å². The molecule has 0 bridgehead atoms. The van der Waals surface area contributed by atoms with Gasteiger partial charge in [-0.3, -0.25) is 4.79 Å². The fourth-order valence-corrected chi connectivity index (χ4v) is 1.44. The van der Waals surface area contributed by atoms with Crippen LogP contribution in [0.25, 0.3) is 5.57 Å². The summed E-state index contributed by atoms with van der Waals surface area (Å²) in [5, 5.41) is 0. The monoisotopic (exact) mass is 237 g/mol. The van der Waals surface area contributed by atoms with E-state index in [1.807, 2.05) is 29.9 Å². The molecule has 0 saturated carbocycles. The van der Waals surface area contributed by atoms with E-state index in [0.29, 0.717) is 5.57 Å². The SMILES string of the molecule is COC(=O)/C=C(\CC(=O)OC)c1cccn1C. The zero-order valence-electron chi connectivity index (χ0n) is 10.1. The lowest BCUT2D eigenvalue weighted by atomic mass is 10.1. The van der Waals surface area contributed by atoms with Crippen LogP contribution in [0.3, 0.4) is 0 Å². The fraction of sp³-hybridized carbons (Fsp3) is 0.333. The molecule has 92 valence electrons. The van der Waals surface area contributed by atoms with E-state index in [1.54, 1.807) is 0 Å². The molecular weight excluding hydrogens is 222 g/mol. The molecule has 0 saturated heterocycles. The third-order valence-corrected chi connectivity index (χ3v) is 2.33. The van der Waals surface area contributed by atoms with E-state index in [4.69, 9.17) is 0 Å². The first-order chi connectivity index (χ1) is 8.08. The lowest BCUT2D eigenvalue weighted by Gasteiger charge is -2.07. The summed E-state index contributed by atoms with van der Waals surface area (Å²) in [4.78, 5) is 22.5. The van der Waals surface area contributed by atoms with E-state index >= 15 is 0 Å². The minimum atomic E-state index is -0.495. The molecule has 0 atom stereocenters. The summed E-state index contributed by atoms with van der Waals surface area (Å²) >= 11 is 0. The molecule has 0 aliphatic heterocycles. The summed E-state index contributed by atoms with van der Waals surface area (Å²) in [6.45, 7) is 0. The molecule has 0 aliphatic carbocycles. The number of hydrogen-bond donors (Lipinski definition) is 0. The van der Waals surface area contributed by atoms with Gasteiger partial charge < -0.3 is 14.0 Å². The van der Waals surface area contributed by atoms with Crippen molar-refractivity contribution in [3.05, 3.63) is 30.1 Å². The quantitative estimate of drug-likeness (QED) is 0.582. The second-order valence-corrected chi connectivity index (χ2v) is 3.45. The number of ether oxygens (including phenoxy) is 2. The van der Waals surface area contributed by atoms with E-state index in [-0.39, 0.29) is 6.42 Å². The molecule has 1 rings (SSSR count). The van der Waals surface area contributed by atoms with E-state index in [9.17, 15) is 9.59 Å². The van der Waals surface area contributed by atoms with Gasteiger partial charge in [-0.25, -0.2) is 4.79 Å². The van der Waals surface area contributed by atoms with Crippen LogP contribution < -0.4 is 0 Å². The smallest absolute Gasteiger partial charge is 0.330 e. The molecule has 17 heavy (non-hydrogen) atoms. The summed E-state index contributed by atoms with van der Waals surface area (Å²) in [6, 6.07) is 3.65. The van der Waals surface area contributed by atoms with Crippen molar-refractivity contribution in [2.75, 3.05) is 14.2 Å². The molecule has 5 heteroatoms. The zero-order chi connectivity index (χ0) is 12.8. The van der Waals surface area contributed by atoms with Gasteiger partial charge in [-0.1, -0.05) is 0 Å². The van der Waals surface area contributed by atoms with Crippen molar-refractivity contribution in [2.24, 2.45) is 7.05 Å². The maximum Gasteiger partial charge on any atom is 0.330 e. The molecule has 0 aliphatic rings. The number of hydrogen-bond acceptors (Lipinski definition) is 4. The molecule has 0 fully saturated rings. The number of aryl methyl sites for hydroxylation is 1. The molecule has 0 N–H and O–H groups in total. The number of nitrogens with zero attached hydrogens (tertiary/aromatic N) is 1. The van der Waals surface area contributed by atoms with Crippen LogP contribution in [-0.2, 0) is 26.1 Å². The predicted molar refractivity (Wildman–Crippen MR) is 62.0 cm³/mol. The summed E-state index contributed by atoms with van der Waals surface area (Å²) in [6.07, 6.45) is 3.16. The molecular formula is C12H15NO4. The molecule has 0 radical (unpaired) electrons. The Morgan fingerprint density at radius 3 is 2.53 bits per heavy atom. The van der Waals surface area contributed by atoms with Crippen molar-refractivity contribution in [3.63, 3.8) is 0 Å². The first-order valence-electron chi connectivity index (χ1n) is 5.05. The summed E-state index contributed by atoms with van der Waals surface area (Å²) in [5.41, 5.74) is 1.34. The maximum absolute atomic E-state index is 11.3. The summed E-state index contributed by atoms with van der Waals surface area (Å²) in [5.74, 6) is -0.897. The average Bonchev–Trinajstić information content (AvgIpc) is 2.74. The number of carbonyl (C=O) groups excluding carboxylic acids is 2. The van der Waals surface area contributed by atoms with Gasteiger partial charge in [0.2, 0.25) is 0 Å². The van der Waals surface area contributed by atoms with Crippen LogP contribution in [-0.4, -0.2) is 30.7 Å². The summed E-state index contributed by atoms with van der Waals surface area (Å²) in [7, 11) is 4.43. The Hall–Kier alpha value is -2.04. The highest BCUT2D eigenvalue weighted by Crippen LogP contribution is 2.19. The van der Waals surface area contributed by atoms with Crippen LogP contribution in [0.15, 0.2) is 24.4 Å². The van der Waals surface area contributed by atoms with Crippen molar-refractivity contribution in [2.45, 2.75) is 6.42 Å². The lowest BCUT2D eigenvalue weighted by Crippen LogP contribution is -2.06. The largest absolute Gasteiger partial charge is 0.469 e. The van der Waals surface area contributed by atoms with E-state index in [1.165, 1.54) is 20.3 Å². The van der Waals surface area contributed by atoms with Gasteiger partial charge in [0.25, 0.3) is 0 Å². The van der Waals surface area contributed by atoms with Crippen LogP contribution in [0.5, 0.6) is 0 Å². The Balaban J connectivity index is 3.03. The second-order valence-electron chi connectivity index (χ2n) is 3.45. The van der Waals surface area contributed by atoms with Crippen LogP contribution in [0.1, 0.15) is 12.1 Å². The third kappa shape index (κ3) is 3.48. The highest BCUT2D eigenvalue weighted by Gasteiger charge is 2.12. The number of rotatable bonds is 4. The molecule has 0 unspecified atom stereocenters. The first kappa shape index (κ1) is 13.0. The van der Waals surface area contributed by atoms with Gasteiger partial charge in [-0.05, 0) is 17.7 Å². The highest BCUT2D eigenvalue weighted by molar-refractivity contribution is 5.95. The topological polar surface area (TPSA) is 57.5 Å². The number of methoxy groups -OCH3 is 2. The molecule has 0 spiro atoms. The predicted octanol–water partition coefficient (Wildman–Crippen LogP) is 1.14. The van der Waals surface area contributed by atoms with Crippen LogP contribution in [0, 0.1) is 0 Å². The van der Waals surface area contributed by atoms with Gasteiger partial charge in [-0.2, -0.15) is 0 Å². The molecule has 5 nitrogen and oxygen atoms in total. The number of esters is 2. The minimum Gasteiger partial charge on any atom is -0.469 e. The second kappa shape index (κ2) is 5.89. The molecule has 1 heterocycles. The Morgan fingerprint density at radius 1 is 1.35 bits per heavy atom. The van der Waals surface area contributed by atoms with Gasteiger partial charge in [0.05, 0.1) is 20.6 Å². The van der Waals surface area contributed by atoms with Crippen molar-refractivity contribution in [1.82, 2.24) is 4.57 Å². The standard InChI is InChI=1S/C12H15NO4/c1-13-6-4-5-10(13)9(7-11(14)16-2)8-12(15)17-3/h4-7H,8H2,1-3H3/b9-7+. The van der Waals surface area contributed by atoms with Gasteiger partial charge in [-0.15, -0.1) is 0 Å².